The largest absolute Gasteiger partial charge is 0.493 e. The summed E-state index contributed by atoms with van der Waals surface area (Å²) in [7, 11) is -0.960. The average molecular weight is 502 g/mol. The third-order valence-electron chi connectivity index (χ3n) is 4.88. The summed E-state index contributed by atoms with van der Waals surface area (Å²) in [6.45, 7) is 1.22. The molecule has 34 heavy (non-hydrogen) atoms. The Labute approximate surface area is 203 Å². The van der Waals surface area contributed by atoms with Crippen LogP contribution in [0.5, 0.6) is 11.5 Å². The van der Waals surface area contributed by atoms with Crippen LogP contribution in [0.2, 0.25) is 5.02 Å². The molecule has 3 aromatic rings. The number of amides is 1. The Morgan fingerprint density at radius 1 is 0.971 bits per heavy atom. The van der Waals surface area contributed by atoms with Crippen molar-refractivity contribution in [1.29, 1.82) is 0 Å². The van der Waals surface area contributed by atoms with Gasteiger partial charge in [0.15, 0.2) is 11.5 Å². The number of nitrogens with zero attached hydrogens (tertiary/aromatic N) is 2. The molecule has 0 atom stereocenters. The lowest BCUT2D eigenvalue weighted by atomic mass is 10.1. The van der Waals surface area contributed by atoms with E-state index in [9.17, 15) is 13.2 Å². The lowest BCUT2D eigenvalue weighted by Gasteiger charge is -2.23. The van der Waals surface area contributed by atoms with Crippen LogP contribution in [-0.4, -0.2) is 40.8 Å². The Kier molecular flexibility index (Phi) is 8.14. The molecule has 0 unspecified atom stereocenters. The van der Waals surface area contributed by atoms with E-state index in [1.165, 1.54) is 38.5 Å². The zero-order valence-corrected chi connectivity index (χ0v) is 20.4. The predicted octanol–water partition coefficient (Wildman–Crippen LogP) is 4.09. The first-order valence-corrected chi connectivity index (χ1v) is 12.0. The molecular formula is C24H24ClN3O5S. The highest BCUT2D eigenvalue weighted by Crippen LogP contribution is 2.28. The monoisotopic (exact) mass is 501 g/mol. The quantitative estimate of drug-likeness (QED) is 0.352. The van der Waals surface area contributed by atoms with Gasteiger partial charge in [-0.25, -0.2) is 13.8 Å². The summed E-state index contributed by atoms with van der Waals surface area (Å²) >= 11 is 5.95. The molecule has 0 spiro atoms. The van der Waals surface area contributed by atoms with Crippen molar-refractivity contribution in [2.45, 2.75) is 11.8 Å². The zero-order chi connectivity index (χ0) is 24.7. The molecule has 0 aliphatic rings. The van der Waals surface area contributed by atoms with E-state index in [1.54, 1.807) is 55.5 Å². The van der Waals surface area contributed by atoms with E-state index < -0.39 is 22.5 Å². The Bertz CT molecular complexity index is 1280. The molecule has 1 N–H and O–H groups in total. The highest BCUT2D eigenvalue weighted by Gasteiger charge is 2.27. The third kappa shape index (κ3) is 5.86. The van der Waals surface area contributed by atoms with Crippen LogP contribution in [0, 0.1) is 0 Å². The number of ether oxygens (including phenoxy) is 2. The van der Waals surface area contributed by atoms with Crippen molar-refractivity contribution in [3.8, 4) is 11.5 Å². The highest BCUT2D eigenvalue weighted by molar-refractivity contribution is 7.92. The van der Waals surface area contributed by atoms with Crippen molar-refractivity contribution >= 4 is 38.9 Å². The number of hydrogen-bond acceptors (Lipinski definition) is 6. The van der Waals surface area contributed by atoms with Gasteiger partial charge in [-0.3, -0.25) is 9.10 Å². The molecule has 1 amide bonds. The SMILES string of the molecule is COc1ccc(C(C)=NNC(=O)CN(c2ccc(Cl)cc2)S(=O)(=O)c2ccccc2)cc1OC. The molecule has 178 valence electrons. The van der Waals surface area contributed by atoms with Crippen molar-refractivity contribution in [2.24, 2.45) is 5.10 Å². The van der Waals surface area contributed by atoms with Crippen LogP contribution >= 0.6 is 11.6 Å². The minimum Gasteiger partial charge on any atom is -0.493 e. The number of rotatable bonds is 9. The summed E-state index contributed by atoms with van der Waals surface area (Å²) in [5, 5.41) is 4.56. The smallest absolute Gasteiger partial charge is 0.264 e. The lowest BCUT2D eigenvalue weighted by Crippen LogP contribution is -2.39. The van der Waals surface area contributed by atoms with E-state index in [0.29, 0.717) is 33.5 Å². The molecule has 0 heterocycles. The summed E-state index contributed by atoms with van der Waals surface area (Å²) in [5.74, 6) is 0.464. The number of halogens is 1. The summed E-state index contributed by atoms with van der Waals surface area (Å²) in [5.41, 5.74) is 3.92. The van der Waals surface area contributed by atoms with Gasteiger partial charge in [-0.05, 0) is 61.5 Å². The number of methoxy groups -OCH3 is 2. The molecule has 10 heteroatoms. The minimum absolute atomic E-state index is 0.0581. The first-order valence-electron chi connectivity index (χ1n) is 10.1. The molecule has 3 aromatic carbocycles. The molecule has 3 rings (SSSR count). The molecule has 0 bridgehead atoms. The van der Waals surface area contributed by atoms with E-state index in [2.05, 4.69) is 10.5 Å². The molecule has 0 saturated heterocycles. The van der Waals surface area contributed by atoms with E-state index in [-0.39, 0.29) is 4.90 Å². The Balaban J connectivity index is 1.84. The molecule has 0 aliphatic heterocycles. The van der Waals surface area contributed by atoms with Crippen LogP contribution in [0.25, 0.3) is 0 Å². The van der Waals surface area contributed by atoms with Gasteiger partial charge in [0, 0.05) is 10.6 Å². The lowest BCUT2D eigenvalue weighted by molar-refractivity contribution is -0.119. The van der Waals surface area contributed by atoms with Crippen molar-refractivity contribution < 1.29 is 22.7 Å². The fourth-order valence-electron chi connectivity index (χ4n) is 3.08. The maximum Gasteiger partial charge on any atom is 0.264 e. The van der Waals surface area contributed by atoms with Gasteiger partial charge in [0.2, 0.25) is 0 Å². The average Bonchev–Trinajstić information content (AvgIpc) is 2.86. The maximum absolute atomic E-state index is 13.3. The van der Waals surface area contributed by atoms with Gasteiger partial charge in [0.1, 0.15) is 6.54 Å². The van der Waals surface area contributed by atoms with Crippen LogP contribution in [0.3, 0.4) is 0 Å². The normalized spacial score (nSPS) is 11.6. The van der Waals surface area contributed by atoms with Gasteiger partial charge in [-0.2, -0.15) is 5.10 Å². The first-order chi connectivity index (χ1) is 16.3. The number of hydrazone groups is 1. The minimum atomic E-state index is -4.02. The topological polar surface area (TPSA) is 97.3 Å². The maximum atomic E-state index is 13.3. The van der Waals surface area contributed by atoms with Gasteiger partial charge in [0.25, 0.3) is 15.9 Å². The first kappa shape index (κ1) is 25.1. The summed E-state index contributed by atoms with van der Waals surface area (Å²) in [4.78, 5) is 12.8. The third-order valence-corrected chi connectivity index (χ3v) is 6.92. The number of anilines is 1. The number of sulfonamides is 1. The van der Waals surface area contributed by atoms with Crippen molar-refractivity contribution in [1.82, 2.24) is 5.43 Å². The van der Waals surface area contributed by atoms with Gasteiger partial charge in [-0.1, -0.05) is 29.8 Å². The molecule has 0 aromatic heterocycles. The predicted molar refractivity (Wildman–Crippen MR) is 132 cm³/mol. The van der Waals surface area contributed by atoms with Gasteiger partial charge >= 0.3 is 0 Å². The second kappa shape index (κ2) is 11.0. The molecular weight excluding hydrogens is 478 g/mol. The standard InChI is InChI=1S/C24H24ClN3O5S/c1-17(18-9-14-22(32-2)23(15-18)33-3)26-27-24(29)16-28(20-12-10-19(25)11-13-20)34(30,31)21-7-5-4-6-8-21/h4-15H,16H2,1-3H3,(H,27,29). The van der Waals surface area contributed by atoms with Crippen molar-refractivity contribution in [3.63, 3.8) is 0 Å². The van der Waals surface area contributed by atoms with Crippen LogP contribution in [-0.2, 0) is 14.8 Å². The zero-order valence-electron chi connectivity index (χ0n) is 18.9. The molecule has 8 nitrogen and oxygen atoms in total. The molecule has 0 fully saturated rings. The van der Waals surface area contributed by atoms with Gasteiger partial charge in [-0.15, -0.1) is 0 Å². The van der Waals surface area contributed by atoms with Gasteiger partial charge < -0.3 is 9.47 Å². The Morgan fingerprint density at radius 2 is 1.62 bits per heavy atom. The molecule has 0 saturated carbocycles. The second-order valence-corrected chi connectivity index (χ2v) is 9.40. The van der Waals surface area contributed by atoms with E-state index in [0.717, 1.165) is 4.31 Å². The Hall–Kier alpha value is -3.56. The number of carbonyl (C=O) groups is 1. The summed E-state index contributed by atoms with van der Waals surface area (Å²) < 4.78 is 38.1. The van der Waals surface area contributed by atoms with Crippen LogP contribution in [0.1, 0.15) is 12.5 Å². The molecule has 0 aliphatic carbocycles. The number of benzene rings is 3. The summed E-state index contributed by atoms with van der Waals surface area (Å²) in [6, 6.07) is 19.3. The van der Waals surface area contributed by atoms with E-state index in [1.807, 2.05) is 0 Å². The second-order valence-electron chi connectivity index (χ2n) is 7.10. The Morgan fingerprint density at radius 3 is 2.24 bits per heavy atom. The van der Waals surface area contributed by atoms with Crippen LogP contribution in [0.4, 0.5) is 5.69 Å². The fraction of sp³-hybridized carbons (Fsp3) is 0.167. The van der Waals surface area contributed by atoms with E-state index in [4.69, 9.17) is 21.1 Å². The van der Waals surface area contributed by atoms with Crippen molar-refractivity contribution in [2.75, 3.05) is 25.1 Å². The van der Waals surface area contributed by atoms with Crippen LogP contribution < -0.4 is 19.2 Å². The molecule has 0 radical (unpaired) electrons. The number of hydrogen-bond donors (Lipinski definition) is 1. The van der Waals surface area contributed by atoms with E-state index >= 15 is 0 Å². The van der Waals surface area contributed by atoms with Crippen LogP contribution in [0.15, 0.2) is 82.8 Å². The highest BCUT2D eigenvalue weighted by atomic mass is 35.5. The number of carbonyl (C=O) groups excluding carboxylic acids is 1. The number of nitrogens with one attached hydrogen (secondary N) is 1. The fourth-order valence-corrected chi connectivity index (χ4v) is 4.65. The van der Waals surface area contributed by atoms with Gasteiger partial charge in [0.05, 0.1) is 30.5 Å². The summed E-state index contributed by atoms with van der Waals surface area (Å²) in [6.07, 6.45) is 0. The van der Waals surface area contributed by atoms with Crippen molar-refractivity contribution in [3.05, 3.63) is 83.4 Å².